The van der Waals surface area contributed by atoms with Crippen molar-refractivity contribution in [3.63, 3.8) is 0 Å². The van der Waals surface area contributed by atoms with Gasteiger partial charge in [0.05, 0.1) is 18.3 Å². The van der Waals surface area contributed by atoms with E-state index in [4.69, 9.17) is 14.2 Å². The third-order valence-electron chi connectivity index (χ3n) is 5.71. The summed E-state index contributed by atoms with van der Waals surface area (Å²) in [4.78, 5) is 19.3. The van der Waals surface area contributed by atoms with Crippen LogP contribution < -0.4 is 14.2 Å². The SMILES string of the molecule is COc1ccc(C2=C(c3ncsc3C)c3ccc(OCCOc4ccccc4)cc3C2=O)cc1. The van der Waals surface area contributed by atoms with Gasteiger partial charge >= 0.3 is 0 Å². The largest absolute Gasteiger partial charge is 0.497 e. The number of Topliss-reactive ketones (excluding diaryl/α,β-unsaturated/α-hetero) is 1. The zero-order valence-corrected chi connectivity index (χ0v) is 19.7. The minimum Gasteiger partial charge on any atom is -0.497 e. The maximum atomic E-state index is 13.6. The Labute approximate surface area is 202 Å². The van der Waals surface area contributed by atoms with E-state index in [1.165, 1.54) is 0 Å². The molecule has 4 aromatic rings. The highest BCUT2D eigenvalue weighted by Gasteiger charge is 2.33. The Morgan fingerprint density at radius 1 is 0.794 bits per heavy atom. The van der Waals surface area contributed by atoms with Crippen LogP contribution in [0.15, 0.2) is 78.3 Å². The molecule has 0 saturated heterocycles. The molecule has 5 nitrogen and oxygen atoms in total. The van der Waals surface area contributed by atoms with Crippen molar-refractivity contribution in [2.24, 2.45) is 0 Å². The van der Waals surface area contributed by atoms with Crippen LogP contribution in [0.2, 0.25) is 0 Å². The van der Waals surface area contributed by atoms with Gasteiger partial charge in [0.15, 0.2) is 5.78 Å². The Morgan fingerprint density at radius 2 is 1.50 bits per heavy atom. The molecule has 34 heavy (non-hydrogen) atoms. The fraction of sp³-hybridized carbons (Fsp3) is 0.143. The number of ketones is 1. The normalized spacial score (nSPS) is 12.6. The lowest BCUT2D eigenvalue weighted by Crippen LogP contribution is -2.09. The predicted molar refractivity (Wildman–Crippen MR) is 134 cm³/mol. The van der Waals surface area contributed by atoms with Gasteiger partial charge in [-0.2, -0.15) is 0 Å². The second-order valence-corrected chi connectivity index (χ2v) is 8.84. The molecule has 1 aromatic heterocycles. The molecule has 0 unspecified atom stereocenters. The van der Waals surface area contributed by atoms with E-state index in [9.17, 15) is 4.79 Å². The molecule has 3 aromatic carbocycles. The highest BCUT2D eigenvalue weighted by atomic mass is 32.1. The second-order valence-electron chi connectivity index (χ2n) is 7.78. The van der Waals surface area contributed by atoms with E-state index in [0.29, 0.717) is 30.1 Å². The van der Waals surface area contributed by atoms with Gasteiger partial charge in [0.2, 0.25) is 0 Å². The van der Waals surface area contributed by atoms with Crippen molar-refractivity contribution in [3.05, 3.63) is 106 Å². The summed E-state index contributed by atoms with van der Waals surface area (Å²) in [6.45, 7) is 2.81. The van der Waals surface area contributed by atoms with E-state index in [-0.39, 0.29) is 5.78 Å². The first-order valence-electron chi connectivity index (χ1n) is 10.9. The lowest BCUT2D eigenvalue weighted by Gasteiger charge is -2.10. The summed E-state index contributed by atoms with van der Waals surface area (Å²) in [6.07, 6.45) is 0. The molecule has 5 rings (SSSR count). The summed E-state index contributed by atoms with van der Waals surface area (Å²) >= 11 is 1.57. The Hall–Kier alpha value is -3.90. The number of carbonyl (C=O) groups is 1. The van der Waals surface area contributed by atoms with Crippen LogP contribution in [0.25, 0.3) is 11.1 Å². The standard InChI is InChI=1S/C28H23NO4S/c1-18-27(29-17-34-18)26-23-13-12-22(33-15-14-32-21-6-4-3-5-7-21)16-24(23)28(30)25(26)19-8-10-20(31-2)11-9-19/h3-13,16-17H,14-15H2,1-2H3. The van der Waals surface area contributed by atoms with Gasteiger partial charge in [0.1, 0.15) is 30.5 Å². The zero-order chi connectivity index (χ0) is 23.5. The first-order valence-corrected chi connectivity index (χ1v) is 11.8. The maximum Gasteiger partial charge on any atom is 0.195 e. The van der Waals surface area contributed by atoms with Crippen LogP contribution in [0.1, 0.15) is 32.1 Å². The number of hydrogen-bond acceptors (Lipinski definition) is 6. The van der Waals surface area contributed by atoms with Gasteiger partial charge in [-0.15, -0.1) is 11.3 Å². The first kappa shape index (κ1) is 21.9. The molecule has 6 heteroatoms. The molecule has 170 valence electrons. The molecule has 0 saturated carbocycles. The monoisotopic (exact) mass is 469 g/mol. The van der Waals surface area contributed by atoms with Gasteiger partial charge in [0.25, 0.3) is 0 Å². The smallest absolute Gasteiger partial charge is 0.195 e. The molecule has 0 radical (unpaired) electrons. The molecule has 1 aliphatic rings. The van der Waals surface area contributed by atoms with Crippen LogP contribution in [0.3, 0.4) is 0 Å². The van der Waals surface area contributed by atoms with Crippen molar-refractivity contribution in [2.45, 2.75) is 6.92 Å². The van der Waals surface area contributed by atoms with Crippen LogP contribution in [0.5, 0.6) is 17.2 Å². The Morgan fingerprint density at radius 3 is 2.18 bits per heavy atom. The number of nitrogens with zero attached hydrogens (tertiary/aromatic N) is 1. The quantitative estimate of drug-likeness (QED) is 0.293. The van der Waals surface area contributed by atoms with Gasteiger partial charge in [0, 0.05) is 21.6 Å². The number of carbonyl (C=O) groups excluding carboxylic acids is 1. The number of aryl methyl sites for hydroxylation is 1. The lowest BCUT2D eigenvalue weighted by molar-refractivity contribution is 0.105. The van der Waals surface area contributed by atoms with Gasteiger partial charge in [-0.05, 0) is 60.5 Å². The van der Waals surface area contributed by atoms with Crippen LogP contribution in [-0.4, -0.2) is 31.1 Å². The van der Waals surface area contributed by atoms with Crippen molar-refractivity contribution in [2.75, 3.05) is 20.3 Å². The molecule has 0 bridgehead atoms. The molecule has 0 spiro atoms. The van der Waals surface area contributed by atoms with E-state index in [0.717, 1.165) is 38.8 Å². The maximum absolute atomic E-state index is 13.6. The lowest BCUT2D eigenvalue weighted by atomic mass is 9.97. The average Bonchev–Trinajstić information content (AvgIpc) is 3.42. The highest BCUT2D eigenvalue weighted by Crippen LogP contribution is 2.44. The van der Waals surface area contributed by atoms with Crippen LogP contribution in [0.4, 0.5) is 0 Å². The number of benzene rings is 3. The summed E-state index contributed by atoms with van der Waals surface area (Å²) in [5, 5.41) is 0. The average molecular weight is 470 g/mol. The minimum atomic E-state index is -0.0337. The molecule has 0 fully saturated rings. The Balaban J connectivity index is 1.43. The number of hydrogen-bond donors (Lipinski definition) is 0. The summed E-state index contributed by atoms with van der Waals surface area (Å²) in [7, 11) is 1.63. The fourth-order valence-corrected chi connectivity index (χ4v) is 4.64. The van der Waals surface area contributed by atoms with E-state index in [1.807, 2.05) is 85.2 Å². The summed E-state index contributed by atoms with van der Waals surface area (Å²) in [5.41, 5.74) is 6.50. The van der Waals surface area contributed by atoms with Crippen LogP contribution in [0, 0.1) is 6.92 Å². The summed E-state index contributed by atoms with van der Waals surface area (Å²) in [6, 6.07) is 22.8. The number of aromatic nitrogens is 1. The Bertz CT molecular complexity index is 1360. The number of fused-ring (bicyclic) bond motifs is 1. The molecule has 1 aliphatic carbocycles. The van der Waals surface area contributed by atoms with E-state index < -0.39 is 0 Å². The minimum absolute atomic E-state index is 0.0337. The number of allylic oxidation sites excluding steroid dienone is 1. The number of methoxy groups -OCH3 is 1. The van der Waals surface area contributed by atoms with Gasteiger partial charge in [-0.1, -0.05) is 30.3 Å². The molecule has 0 atom stereocenters. The fourth-order valence-electron chi connectivity index (χ4n) is 4.06. The molecular weight excluding hydrogens is 446 g/mol. The van der Waals surface area contributed by atoms with E-state index in [2.05, 4.69) is 4.98 Å². The van der Waals surface area contributed by atoms with Crippen molar-refractivity contribution < 1.29 is 19.0 Å². The van der Waals surface area contributed by atoms with Gasteiger partial charge < -0.3 is 14.2 Å². The molecule has 0 N–H and O–H groups in total. The van der Waals surface area contributed by atoms with Crippen LogP contribution in [-0.2, 0) is 0 Å². The molecular formula is C28H23NO4S. The first-order chi connectivity index (χ1) is 16.7. The van der Waals surface area contributed by atoms with Crippen molar-refractivity contribution >= 4 is 28.3 Å². The predicted octanol–water partition coefficient (Wildman–Crippen LogP) is 6.07. The molecule has 0 aliphatic heterocycles. The number of para-hydroxylation sites is 1. The van der Waals surface area contributed by atoms with Gasteiger partial charge in [-0.3, -0.25) is 4.79 Å². The van der Waals surface area contributed by atoms with Gasteiger partial charge in [-0.25, -0.2) is 4.98 Å². The number of rotatable bonds is 8. The number of thiazole rings is 1. The van der Waals surface area contributed by atoms with Crippen molar-refractivity contribution in [1.82, 2.24) is 4.98 Å². The third kappa shape index (κ3) is 4.20. The topological polar surface area (TPSA) is 57.6 Å². The molecule has 1 heterocycles. The van der Waals surface area contributed by atoms with Crippen LogP contribution >= 0.6 is 11.3 Å². The summed E-state index contributed by atoms with van der Waals surface area (Å²) < 4.78 is 16.9. The summed E-state index contributed by atoms with van der Waals surface area (Å²) in [5.74, 6) is 2.14. The highest BCUT2D eigenvalue weighted by molar-refractivity contribution is 7.09. The number of ether oxygens (including phenoxy) is 3. The van der Waals surface area contributed by atoms with Crippen molar-refractivity contribution in [3.8, 4) is 17.2 Å². The molecule has 0 amide bonds. The zero-order valence-electron chi connectivity index (χ0n) is 18.9. The van der Waals surface area contributed by atoms with E-state index >= 15 is 0 Å². The third-order valence-corrected chi connectivity index (χ3v) is 6.46. The van der Waals surface area contributed by atoms with Crippen molar-refractivity contribution in [1.29, 1.82) is 0 Å². The van der Waals surface area contributed by atoms with E-state index in [1.54, 1.807) is 18.4 Å². The second kappa shape index (κ2) is 9.53. The Kier molecular flexibility index (Phi) is 6.14.